The predicted molar refractivity (Wildman–Crippen MR) is 115 cm³/mol. The van der Waals surface area contributed by atoms with Gasteiger partial charge in [0.2, 0.25) is 0 Å². The predicted octanol–water partition coefficient (Wildman–Crippen LogP) is 1.64. The van der Waals surface area contributed by atoms with Crippen molar-refractivity contribution in [3.8, 4) is 5.75 Å². The third-order valence-corrected chi connectivity index (χ3v) is 7.42. The molecule has 0 saturated carbocycles. The molecule has 1 aromatic carbocycles. The van der Waals surface area contributed by atoms with Crippen LogP contribution in [0.5, 0.6) is 5.75 Å². The topological polar surface area (TPSA) is 108 Å². The quantitative estimate of drug-likeness (QED) is 0.607. The number of phenols is 1. The summed E-state index contributed by atoms with van der Waals surface area (Å²) in [6.07, 6.45) is 2.99. The van der Waals surface area contributed by atoms with Crippen molar-refractivity contribution in [2.24, 2.45) is 5.41 Å². The maximum atomic E-state index is 15.3. The molecule has 11 heteroatoms. The number of nitrogens with zero attached hydrogens (tertiary/aromatic N) is 2. The molecule has 2 saturated heterocycles. The van der Waals surface area contributed by atoms with Gasteiger partial charge in [0.25, 0.3) is 5.91 Å². The number of halogens is 1. The summed E-state index contributed by atoms with van der Waals surface area (Å²) in [6.45, 7) is 6.82. The molecule has 0 unspecified atom stereocenters. The number of carbonyl (C=O) groups is 1. The van der Waals surface area contributed by atoms with Gasteiger partial charge in [-0.15, -0.1) is 0 Å². The fourth-order valence-corrected chi connectivity index (χ4v) is 5.47. The summed E-state index contributed by atoms with van der Waals surface area (Å²) >= 11 is 0. The number of carbonyl (C=O) groups excluding carboxylic acids is 1. The lowest BCUT2D eigenvalue weighted by atomic mass is 9.95. The fraction of sp³-hybridized carbons (Fsp3) is 0.667. The highest BCUT2D eigenvalue weighted by molar-refractivity contribution is 7.92. The number of aromatic hydroxyl groups is 1. The van der Waals surface area contributed by atoms with E-state index in [1.165, 1.54) is 6.07 Å². The van der Waals surface area contributed by atoms with Gasteiger partial charge in [-0.05, 0) is 43.9 Å². The molecule has 0 aromatic heterocycles. The Morgan fingerprint density at radius 3 is 2.62 bits per heavy atom. The minimum Gasteiger partial charge on any atom is -0.506 e. The Bertz CT molecular complexity index is 990. The second kappa shape index (κ2) is 8.77. The molecule has 178 valence electrons. The van der Waals surface area contributed by atoms with Crippen LogP contribution in [0.3, 0.4) is 0 Å². The van der Waals surface area contributed by atoms with Crippen molar-refractivity contribution >= 4 is 21.8 Å². The van der Waals surface area contributed by atoms with Crippen LogP contribution >= 0.6 is 0 Å². The van der Waals surface area contributed by atoms with Gasteiger partial charge in [-0.25, -0.2) is 13.4 Å². The normalized spacial score (nSPS) is 23.2. The van der Waals surface area contributed by atoms with E-state index in [0.717, 1.165) is 32.4 Å². The smallest absolute Gasteiger partial charge is 0.326 e. The number of phenolic OH excluding ortho intramolecular Hbond substituents is 1. The number of amides is 1. The summed E-state index contributed by atoms with van der Waals surface area (Å²) in [5.41, 5.74) is 0.591. The van der Waals surface area contributed by atoms with E-state index < -0.39 is 39.9 Å². The number of anilines is 1. The zero-order chi connectivity index (χ0) is 23.1. The van der Waals surface area contributed by atoms with Crippen LogP contribution in [0.25, 0.3) is 0 Å². The molecular formula is C21H30FN3O6S. The molecule has 2 fully saturated rings. The molecule has 0 radical (unpaired) electrons. The largest absolute Gasteiger partial charge is 0.506 e. The molecular weight excluding hydrogens is 441 g/mol. The van der Waals surface area contributed by atoms with Gasteiger partial charge in [0.1, 0.15) is 18.0 Å². The minimum absolute atomic E-state index is 0.0484. The fourth-order valence-electron chi connectivity index (χ4n) is 4.31. The molecule has 9 nitrogen and oxygen atoms in total. The SMILES string of the molecule is CC1(C)COC(CCCCN2CCc3cc(O)c(N4CC(=O)NS4(=O)=O)c(F)c3C2)OC1. The van der Waals surface area contributed by atoms with Crippen LogP contribution in [0.4, 0.5) is 10.1 Å². The number of nitrogens with one attached hydrogen (secondary N) is 1. The first kappa shape index (κ1) is 23.2. The molecule has 0 bridgehead atoms. The van der Waals surface area contributed by atoms with Crippen LogP contribution in [0.15, 0.2) is 6.07 Å². The summed E-state index contributed by atoms with van der Waals surface area (Å²) in [6, 6.07) is 1.41. The molecule has 0 spiro atoms. The monoisotopic (exact) mass is 471 g/mol. The van der Waals surface area contributed by atoms with E-state index in [-0.39, 0.29) is 11.7 Å². The van der Waals surface area contributed by atoms with Crippen molar-refractivity contribution < 1.29 is 32.2 Å². The average Bonchev–Trinajstić information content (AvgIpc) is 2.98. The van der Waals surface area contributed by atoms with Gasteiger partial charge in [0.15, 0.2) is 12.1 Å². The van der Waals surface area contributed by atoms with Crippen LogP contribution < -0.4 is 9.03 Å². The first-order valence-electron chi connectivity index (χ1n) is 10.9. The van der Waals surface area contributed by atoms with Crippen molar-refractivity contribution in [1.29, 1.82) is 0 Å². The number of benzene rings is 1. The van der Waals surface area contributed by atoms with Crippen LogP contribution in [0, 0.1) is 11.2 Å². The Morgan fingerprint density at radius 2 is 1.97 bits per heavy atom. The average molecular weight is 472 g/mol. The highest BCUT2D eigenvalue weighted by Crippen LogP contribution is 2.39. The van der Waals surface area contributed by atoms with Gasteiger partial charge >= 0.3 is 10.2 Å². The minimum atomic E-state index is -4.21. The number of fused-ring (bicyclic) bond motifs is 1. The first-order valence-corrected chi connectivity index (χ1v) is 12.3. The molecule has 0 atom stereocenters. The van der Waals surface area contributed by atoms with E-state index in [2.05, 4.69) is 18.7 Å². The van der Waals surface area contributed by atoms with Crippen molar-refractivity contribution in [1.82, 2.24) is 9.62 Å². The van der Waals surface area contributed by atoms with E-state index in [1.807, 2.05) is 0 Å². The van der Waals surface area contributed by atoms with Crippen LogP contribution in [-0.2, 0) is 37.4 Å². The molecule has 1 aromatic rings. The van der Waals surface area contributed by atoms with E-state index >= 15 is 4.39 Å². The Kier molecular flexibility index (Phi) is 6.36. The van der Waals surface area contributed by atoms with Gasteiger partial charge in [-0.3, -0.25) is 9.69 Å². The third-order valence-electron chi connectivity index (χ3n) is 6.05. The van der Waals surface area contributed by atoms with Crippen molar-refractivity contribution in [3.05, 3.63) is 23.0 Å². The lowest BCUT2D eigenvalue weighted by Gasteiger charge is -2.34. The summed E-state index contributed by atoms with van der Waals surface area (Å²) in [5, 5.41) is 10.3. The Labute approximate surface area is 187 Å². The Balaban J connectivity index is 1.37. The summed E-state index contributed by atoms with van der Waals surface area (Å²) in [7, 11) is -4.21. The molecule has 4 rings (SSSR count). The van der Waals surface area contributed by atoms with Crippen LogP contribution in [-0.4, -0.2) is 63.5 Å². The van der Waals surface area contributed by atoms with E-state index in [9.17, 15) is 18.3 Å². The Hall–Kier alpha value is -1.95. The molecule has 2 N–H and O–H groups in total. The molecule has 32 heavy (non-hydrogen) atoms. The van der Waals surface area contributed by atoms with Crippen molar-refractivity contribution in [2.45, 2.75) is 52.4 Å². The maximum Gasteiger partial charge on any atom is 0.326 e. The van der Waals surface area contributed by atoms with E-state index in [1.54, 1.807) is 4.72 Å². The first-order chi connectivity index (χ1) is 15.1. The second-order valence-corrected chi connectivity index (χ2v) is 11.1. The number of rotatable bonds is 6. The highest BCUT2D eigenvalue weighted by Gasteiger charge is 2.39. The maximum absolute atomic E-state index is 15.3. The number of ether oxygens (including phenoxy) is 2. The number of unbranched alkanes of at least 4 members (excludes halogenated alkanes) is 1. The van der Waals surface area contributed by atoms with Crippen molar-refractivity contribution in [3.63, 3.8) is 0 Å². The number of hydrogen-bond donors (Lipinski definition) is 2. The Morgan fingerprint density at radius 1 is 1.25 bits per heavy atom. The lowest BCUT2D eigenvalue weighted by molar-refractivity contribution is -0.224. The summed E-state index contributed by atoms with van der Waals surface area (Å²) < 4.78 is 53.5. The third kappa shape index (κ3) is 4.85. The molecule has 3 aliphatic heterocycles. The zero-order valence-corrected chi connectivity index (χ0v) is 19.2. The van der Waals surface area contributed by atoms with Crippen LogP contribution in [0.2, 0.25) is 0 Å². The second-order valence-electron chi connectivity index (χ2n) is 9.47. The van der Waals surface area contributed by atoms with E-state index in [0.29, 0.717) is 41.6 Å². The summed E-state index contributed by atoms with van der Waals surface area (Å²) in [5.74, 6) is -2.04. The van der Waals surface area contributed by atoms with Gasteiger partial charge in [-0.2, -0.15) is 8.42 Å². The van der Waals surface area contributed by atoms with E-state index in [4.69, 9.17) is 9.47 Å². The zero-order valence-electron chi connectivity index (χ0n) is 18.4. The highest BCUT2D eigenvalue weighted by atomic mass is 32.2. The molecule has 3 heterocycles. The molecule has 3 aliphatic rings. The molecule has 0 aliphatic carbocycles. The van der Waals surface area contributed by atoms with Crippen molar-refractivity contribution in [2.75, 3.05) is 37.2 Å². The van der Waals surface area contributed by atoms with Gasteiger partial charge < -0.3 is 14.6 Å². The number of hydrogen-bond acceptors (Lipinski definition) is 7. The van der Waals surface area contributed by atoms with Gasteiger partial charge in [-0.1, -0.05) is 13.8 Å². The lowest BCUT2D eigenvalue weighted by Crippen LogP contribution is -2.37. The molecule has 1 amide bonds. The standard InChI is InChI=1S/C21H30FN3O6S/c1-21(2)12-30-18(31-13-21)5-3-4-7-24-8-6-14-9-16(26)20(19(22)15(14)10-24)25-11-17(27)23-32(25,28)29/h9,18,26H,3-8,10-13H2,1-2H3,(H,23,27). The van der Waals surface area contributed by atoms with Gasteiger partial charge in [0.05, 0.1) is 13.2 Å². The van der Waals surface area contributed by atoms with Crippen LogP contribution in [0.1, 0.15) is 44.2 Å². The summed E-state index contributed by atoms with van der Waals surface area (Å²) in [4.78, 5) is 13.6. The van der Waals surface area contributed by atoms with Gasteiger partial charge in [0, 0.05) is 24.1 Å².